The van der Waals surface area contributed by atoms with Crippen LogP contribution in [0.4, 0.5) is 15.8 Å². The highest BCUT2D eigenvalue weighted by Crippen LogP contribution is 2.26. The van der Waals surface area contributed by atoms with Crippen molar-refractivity contribution < 1.29 is 9.18 Å². The zero-order chi connectivity index (χ0) is 22.8. The molecule has 0 atom stereocenters. The molecule has 1 aliphatic heterocycles. The van der Waals surface area contributed by atoms with Crippen LogP contribution in [-0.4, -0.2) is 48.6 Å². The summed E-state index contributed by atoms with van der Waals surface area (Å²) in [6, 6.07) is 10.5. The van der Waals surface area contributed by atoms with Gasteiger partial charge >= 0.3 is 0 Å². The first-order chi connectivity index (χ1) is 15.4. The molecular formula is C24H28FN5O2. The van der Waals surface area contributed by atoms with Gasteiger partial charge in [-0.25, -0.2) is 4.39 Å². The highest BCUT2D eigenvalue weighted by molar-refractivity contribution is 5.98. The molecule has 1 fully saturated rings. The number of hydrogen-bond acceptors (Lipinski definition) is 5. The highest BCUT2D eigenvalue weighted by Gasteiger charge is 2.21. The minimum atomic E-state index is -0.566. The van der Waals surface area contributed by atoms with Crippen molar-refractivity contribution in [2.75, 3.05) is 43.6 Å². The van der Waals surface area contributed by atoms with Crippen LogP contribution in [0.2, 0.25) is 0 Å². The van der Waals surface area contributed by atoms with Gasteiger partial charge in [-0.2, -0.15) is 0 Å². The number of aryl methyl sites for hydroxylation is 2. The number of pyridine rings is 1. The number of amides is 1. The van der Waals surface area contributed by atoms with Crippen molar-refractivity contribution in [2.45, 2.75) is 20.4 Å². The van der Waals surface area contributed by atoms with Crippen molar-refractivity contribution in [3.05, 3.63) is 69.8 Å². The Balaban J connectivity index is 1.66. The molecule has 0 radical (unpaired) electrons. The molecule has 2 aromatic carbocycles. The molecule has 7 nitrogen and oxygen atoms in total. The van der Waals surface area contributed by atoms with Gasteiger partial charge in [0.2, 0.25) is 5.43 Å². The van der Waals surface area contributed by atoms with Crippen LogP contribution in [0.3, 0.4) is 0 Å². The summed E-state index contributed by atoms with van der Waals surface area (Å²) in [5.74, 6) is -1.01. The van der Waals surface area contributed by atoms with Crippen molar-refractivity contribution in [1.29, 1.82) is 0 Å². The average molecular weight is 438 g/mol. The van der Waals surface area contributed by atoms with Gasteiger partial charge in [0.15, 0.2) is 0 Å². The maximum atomic E-state index is 15.0. The van der Waals surface area contributed by atoms with Crippen molar-refractivity contribution in [1.82, 2.24) is 14.9 Å². The van der Waals surface area contributed by atoms with E-state index in [0.717, 1.165) is 31.7 Å². The molecule has 2 N–H and O–H groups in total. The van der Waals surface area contributed by atoms with E-state index in [9.17, 15) is 9.59 Å². The van der Waals surface area contributed by atoms with E-state index in [2.05, 4.69) is 15.8 Å². The minimum Gasteiger partial charge on any atom is -0.367 e. The zero-order valence-corrected chi connectivity index (χ0v) is 18.6. The number of halogens is 1. The van der Waals surface area contributed by atoms with Crippen LogP contribution in [0.1, 0.15) is 22.8 Å². The number of piperazine rings is 1. The number of likely N-dealkylation sites (N-methyl/N-ethyl adjacent to an activating group) is 1. The quantitative estimate of drug-likeness (QED) is 0.601. The summed E-state index contributed by atoms with van der Waals surface area (Å²) in [5.41, 5.74) is 7.76. The smallest absolute Gasteiger partial charge is 0.275 e. The number of rotatable bonds is 5. The highest BCUT2D eigenvalue weighted by atomic mass is 19.1. The summed E-state index contributed by atoms with van der Waals surface area (Å²) in [6.45, 7) is 7.58. The molecule has 3 aromatic rings. The van der Waals surface area contributed by atoms with Gasteiger partial charge in [-0.1, -0.05) is 17.7 Å². The molecule has 1 aliphatic rings. The largest absolute Gasteiger partial charge is 0.367 e. The van der Waals surface area contributed by atoms with Gasteiger partial charge in [0.25, 0.3) is 5.91 Å². The van der Waals surface area contributed by atoms with Crippen molar-refractivity contribution >= 4 is 28.2 Å². The maximum Gasteiger partial charge on any atom is 0.275 e. The van der Waals surface area contributed by atoms with Gasteiger partial charge in [-0.05, 0) is 45.2 Å². The molecule has 1 saturated heterocycles. The summed E-state index contributed by atoms with van der Waals surface area (Å²) < 4.78 is 16.9. The van der Waals surface area contributed by atoms with E-state index in [1.54, 1.807) is 12.3 Å². The number of aromatic nitrogens is 1. The number of benzene rings is 2. The Bertz CT molecular complexity index is 1200. The Morgan fingerprint density at radius 3 is 2.44 bits per heavy atom. The lowest BCUT2D eigenvalue weighted by molar-refractivity contribution is 0.0961. The Hall–Kier alpha value is -3.39. The fourth-order valence-electron chi connectivity index (χ4n) is 3.95. The Labute approximate surface area is 186 Å². The number of nitrogens with one attached hydrogen (secondary N) is 2. The van der Waals surface area contributed by atoms with Gasteiger partial charge in [-0.15, -0.1) is 0 Å². The maximum absolute atomic E-state index is 15.0. The second-order valence-corrected chi connectivity index (χ2v) is 8.21. The molecule has 0 bridgehead atoms. The van der Waals surface area contributed by atoms with E-state index in [1.165, 1.54) is 6.07 Å². The number of hydrazine groups is 1. The standard InChI is InChI=1S/C24H28FN5O2/c1-4-29-15-19(24(32)27-26-17-7-5-16(2)6-8-17)23(31)18-13-20(25)22(14-21(18)29)30-11-9-28(3)10-12-30/h5-8,13-15,26H,4,9-12H2,1-3H3,(H,27,32). The number of carbonyl (C=O) groups excluding carboxylic acids is 1. The number of hydrogen-bond donors (Lipinski definition) is 2. The van der Waals surface area contributed by atoms with Gasteiger partial charge in [0, 0.05) is 44.3 Å². The molecule has 0 saturated carbocycles. The Morgan fingerprint density at radius 2 is 1.78 bits per heavy atom. The third kappa shape index (κ3) is 4.31. The fraction of sp³-hybridized carbons (Fsp3) is 0.333. The molecule has 0 unspecified atom stereocenters. The summed E-state index contributed by atoms with van der Waals surface area (Å²) >= 11 is 0. The predicted octanol–water partition coefficient (Wildman–Crippen LogP) is 2.98. The molecule has 1 aromatic heterocycles. The van der Waals surface area contributed by atoms with E-state index >= 15 is 4.39 Å². The second-order valence-electron chi connectivity index (χ2n) is 8.21. The Kier molecular flexibility index (Phi) is 6.14. The van der Waals surface area contributed by atoms with Crippen LogP contribution in [-0.2, 0) is 6.54 Å². The lowest BCUT2D eigenvalue weighted by Gasteiger charge is -2.34. The van der Waals surface area contributed by atoms with E-state index in [0.29, 0.717) is 23.4 Å². The van der Waals surface area contributed by atoms with E-state index in [4.69, 9.17) is 0 Å². The Morgan fingerprint density at radius 1 is 1.09 bits per heavy atom. The van der Waals surface area contributed by atoms with Crippen molar-refractivity contribution in [2.24, 2.45) is 0 Å². The van der Waals surface area contributed by atoms with Crippen molar-refractivity contribution in [3.63, 3.8) is 0 Å². The molecule has 0 spiro atoms. The van der Waals surface area contributed by atoms with Crippen LogP contribution in [0.15, 0.2) is 47.4 Å². The van der Waals surface area contributed by atoms with Crippen LogP contribution in [0, 0.1) is 12.7 Å². The molecule has 32 heavy (non-hydrogen) atoms. The molecule has 2 heterocycles. The fourth-order valence-corrected chi connectivity index (χ4v) is 3.95. The van der Waals surface area contributed by atoms with Crippen LogP contribution < -0.4 is 21.2 Å². The number of anilines is 2. The number of fused-ring (bicyclic) bond motifs is 1. The first kappa shape index (κ1) is 21.8. The average Bonchev–Trinajstić information content (AvgIpc) is 2.79. The molecule has 0 aliphatic carbocycles. The summed E-state index contributed by atoms with van der Waals surface area (Å²) in [6.07, 6.45) is 1.54. The number of carbonyl (C=O) groups is 1. The predicted molar refractivity (Wildman–Crippen MR) is 126 cm³/mol. The molecule has 168 valence electrons. The summed E-state index contributed by atoms with van der Waals surface area (Å²) in [4.78, 5) is 30.0. The minimum absolute atomic E-state index is 0.0364. The summed E-state index contributed by atoms with van der Waals surface area (Å²) in [5, 5.41) is 0.199. The van der Waals surface area contributed by atoms with Gasteiger partial charge < -0.3 is 14.4 Å². The van der Waals surface area contributed by atoms with Gasteiger partial charge in [0.1, 0.15) is 11.4 Å². The molecule has 1 amide bonds. The first-order valence-electron chi connectivity index (χ1n) is 10.8. The normalized spacial score (nSPS) is 14.6. The third-order valence-corrected chi connectivity index (χ3v) is 5.95. The van der Waals surface area contributed by atoms with Crippen LogP contribution in [0.25, 0.3) is 10.9 Å². The van der Waals surface area contributed by atoms with Gasteiger partial charge in [-0.3, -0.25) is 20.4 Å². The van der Waals surface area contributed by atoms with Crippen LogP contribution in [0.5, 0.6) is 0 Å². The lowest BCUT2D eigenvalue weighted by atomic mass is 10.1. The topological polar surface area (TPSA) is 69.6 Å². The van der Waals surface area contributed by atoms with Gasteiger partial charge in [0.05, 0.1) is 16.9 Å². The number of nitrogens with zero attached hydrogens (tertiary/aromatic N) is 3. The van der Waals surface area contributed by atoms with Crippen LogP contribution >= 0.6 is 0 Å². The SMILES string of the molecule is CCn1cc(C(=O)NNc2ccc(C)cc2)c(=O)c2cc(F)c(N3CCN(C)CC3)cc21. The van der Waals surface area contributed by atoms with E-state index < -0.39 is 17.2 Å². The lowest BCUT2D eigenvalue weighted by Crippen LogP contribution is -2.44. The first-order valence-corrected chi connectivity index (χ1v) is 10.8. The summed E-state index contributed by atoms with van der Waals surface area (Å²) in [7, 11) is 2.04. The zero-order valence-electron chi connectivity index (χ0n) is 18.6. The molecule has 4 rings (SSSR count). The molecule has 8 heteroatoms. The monoisotopic (exact) mass is 437 g/mol. The van der Waals surface area contributed by atoms with E-state index in [1.807, 2.05) is 54.6 Å². The molecular weight excluding hydrogens is 409 g/mol. The third-order valence-electron chi connectivity index (χ3n) is 5.95. The van der Waals surface area contributed by atoms with E-state index in [-0.39, 0.29) is 10.9 Å². The second kappa shape index (κ2) is 9.00. The van der Waals surface area contributed by atoms with Crippen molar-refractivity contribution in [3.8, 4) is 0 Å².